The molecule has 38 heavy (non-hydrogen) atoms. The van der Waals surface area contributed by atoms with E-state index in [9.17, 15) is 18.0 Å². The summed E-state index contributed by atoms with van der Waals surface area (Å²) in [6.45, 7) is 5.19. The summed E-state index contributed by atoms with van der Waals surface area (Å²) in [5, 5.41) is 3.22. The van der Waals surface area contributed by atoms with Crippen LogP contribution >= 0.6 is 11.6 Å². The number of carbonyl (C=O) groups excluding carboxylic acids is 2. The lowest BCUT2D eigenvalue weighted by Gasteiger charge is -2.32. The maximum atomic E-state index is 13.8. The average molecular weight is 558 g/mol. The lowest BCUT2D eigenvalue weighted by molar-refractivity contribution is -0.139. The van der Waals surface area contributed by atoms with Crippen molar-refractivity contribution in [2.24, 2.45) is 0 Å². The van der Waals surface area contributed by atoms with Crippen molar-refractivity contribution in [2.45, 2.75) is 38.3 Å². The van der Waals surface area contributed by atoms with Gasteiger partial charge in [-0.05, 0) is 74.9 Å². The molecular formula is C28H32ClN3O5S. The summed E-state index contributed by atoms with van der Waals surface area (Å²) < 4.78 is 33.8. The first-order chi connectivity index (χ1) is 18.1. The predicted molar refractivity (Wildman–Crippen MR) is 149 cm³/mol. The van der Waals surface area contributed by atoms with Crippen molar-refractivity contribution in [1.29, 1.82) is 0 Å². The van der Waals surface area contributed by atoms with E-state index in [1.54, 1.807) is 74.5 Å². The van der Waals surface area contributed by atoms with E-state index < -0.39 is 28.5 Å². The molecule has 3 rings (SSSR count). The van der Waals surface area contributed by atoms with Crippen molar-refractivity contribution in [3.63, 3.8) is 0 Å². The summed E-state index contributed by atoms with van der Waals surface area (Å²) in [5.41, 5.74) is 1.90. The number of nitrogens with one attached hydrogen (secondary N) is 1. The lowest BCUT2D eigenvalue weighted by atomic mass is 10.1. The highest BCUT2D eigenvalue weighted by Gasteiger charge is 2.32. The monoisotopic (exact) mass is 557 g/mol. The smallest absolute Gasteiger partial charge is 0.264 e. The number of rotatable bonds is 11. The van der Waals surface area contributed by atoms with E-state index in [0.29, 0.717) is 22.9 Å². The Morgan fingerprint density at radius 1 is 1.03 bits per heavy atom. The molecule has 0 unspecified atom stereocenters. The first kappa shape index (κ1) is 29.0. The van der Waals surface area contributed by atoms with Gasteiger partial charge in [-0.2, -0.15) is 0 Å². The number of likely N-dealkylation sites (N-methyl/N-ethyl adjacent to an activating group) is 1. The van der Waals surface area contributed by atoms with Crippen LogP contribution in [-0.4, -0.2) is 51.4 Å². The lowest BCUT2D eigenvalue weighted by Crippen LogP contribution is -2.51. The second kappa shape index (κ2) is 12.8. The molecule has 0 aromatic heterocycles. The molecule has 8 nitrogen and oxygen atoms in total. The second-order valence-corrected chi connectivity index (χ2v) is 11.0. The number of nitrogens with zero attached hydrogens (tertiary/aromatic N) is 2. The van der Waals surface area contributed by atoms with Crippen LogP contribution in [0.3, 0.4) is 0 Å². The van der Waals surface area contributed by atoms with Gasteiger partial charge in [-0.25, -0.2) is 8.42 Å². The predicted octanol–water partition coefficient (Wildman–Crippen LogP) is 4.41. The molecule has 0 saturated carbocycles. The third-order valence-electron chi connectivity index (χ3n) is 6.01. The molecule has 3 aromatic rings. The number of benzene rings is 3. The Hall–Kier alpha value is -3.56. The summed E-state index contributed by atoms with van der Waals surface area (Å²) in [7, 11) is -2.62. The Morgan fingerprint density at radius 2 is 1.68 bits per heavy atom. The molecule has 0 aliphatic carbocycles. The zero-order valence-corrected chi connectivity index (χ0v) is 23.4. The largest absolute Gasteiger partial charge is 0.497 e. The van der Waals surface area contributed by atoms with Crippen LogP contribution in [0.5, 0.6) is 5.75 Å². The molecule has 3 aromatic carbocycles. The Bertz CT molecular complexity index is 1360. The minimum Gasteiger partial charge on any atom is -0.497 e. The summed E-state index contributed by atoms with van der Waals surface area (Å²) in [4.78, 5) is 28.0. The maximum absolute atomic E-state index is 13.8. The molecule has 0 radical (unpaired) electrons. The second-order valence-electron chi connectivity index (χ2n) is 8.74. The highest BCUT2D eigenvalue weighted by molar-refractivity contribution is 7.92. The zero-order valence-electron chi connectivity index (χ0n) is 21.8. The van der Waals surface area contributed by atoms with E-state index in [0.717, 1.165) is 9.87 Å². The molecule has 1 atom stereocenters. The van der Waals surface area contributed by atoms with Gasteiger partial charge in [0.1, 0.15) is 18.3 Å². The fraction of sp³-hybridized carbons (Fsp3) is 0.286. The van der Waals surface area contributed by atoms with E-state index in [4.69, 9.17) is 16.3 Å². The summed E-state index contributed by atoms with van der Waals surface area (Å²) >= 11 is 6.15. The van der Waals surface area contributed by atoms with Crippen molar-refractivity contribution in [2.75, 3.05) is 24.5 Å². The van der Waals surface area contributed by atoms with Crippen LogP contribution in [0.15, 0.2) is 77.7 Å². The average Bonchev–Trinajstić information content (AvgIpc) is 2.90. The minimum absolute atomic E-state index is 0.0462. The van der Waals surface area contributed by atoms with Crippen LogP contribution in [0, 0.1) is 6.92 Å². The highest BCUT2D eigenvalue weighted by atomic mass is 35.5. The Morgan fingerprint density at radius 3 is 2.26 bits per heavy atom. The Balaban J connectivity index is 2.03. The number of hydrogen-bond acceptors (Lipinski definition) is 5. The third kappa shape index (κ3) is 7.05. The molecule has 0 bridgehead atoms. The van der Waals surface area contributed by atoms with Crippen LogP contribution in [-0.2, 0) is 26.2 Å². The van der Waals surface area contributed by atoms with Gasteiger partial charge in [0.2, 0.25) is 11.8 Å². The van der Waals surface area contributed by atoms with Crippen molar-refractivity contribution >= 4 is 39.1 Å². The van der Waals surface area contributed by atoms with Gasteiger partial charge in [0.25, 0.3) is 10.0 Å². The summed E-state index contributed by atoms with van der Waals surface area (Å²) in [6, 6.07) is 18.9. The quantitative estimate of drug-likeness (QED) is 0.377. The number of halogens is 1. The van der Waals surface area contributed by atoms with Gasteiger partial charge >= 0.3 is 0 Å². The van der Waals surface area contributed by atoms with E-state index in [2.05, 4.69) is 5.32 Å². The van der Waals surface area contributed by atoms with Gasteiger partial charge in [0.15, 0.2) is 0 Å². The fourth-order valence-corrected chi connectivity index (χ4v) is 5.48. The SMILES string of the molecule is CCNC(=O)[C@H](C)N(Cc1cccc(Cl)c1)C(=O)CN(c1ccc(OC)cc1)S(=O)(=O)c1ccc(C)cc1. The van der Waals surface area contributed by atoms with Crippen molar-refractivity contribution in [3.8, 4) is 5.75 Å². The van der Waals surface area contributed by atoms with E-state index in [1.807, 2.05) is 6.92 Å². The van der Waals surface area contributed by atoms with Crippen LogP contribution in [0.4, 0.5) is 5.69 Å². The number of hydrogen-bond donors (Lipinski definition) is 1. The van der Waals surface area contributed by atoms with Gasteiger partial charge < -0.3 is 15.0 Å². The highest BCUT2D eigenvalue weighted by Crippen LogP contribution is 2.27. The van der Waals surface area contributed by atoms with Crippen LogP contribution in [0.2, 0.25) is 5.02 Å². The van der Waals surface area contributed by atoms with Crippen molar-refractivity contribution in [3.05, 3.63) is 88.9 Å². The number of ether oxygens (including phenoxy) is 1. The van der Waals surface area contributed by atoms with Gasteiger partial charge in [0, 0.05) is 18.1 Å². The fourth-order valence-electron chi connectivity index (χ4n) is 3.85. The van der Waals surface area contributed by atoms with Crippen LogP contribution < -0.4 is 14.4 Å². The van der Waals surface area contributed by atoms with Crippen molar-refractivity contribution in [1.82, 2.24) is 10.2 Å². The van der Waals surface area contributed by atoms with Gasteiger partial charge in [-0.15, -0.1) is 0 Å². The number of methoxy groups -OCH3 is 1. The van der Waals surface area contributed by atoms with Gasteiger partial charge in [-0.1, -0.05) is 41.4 Å². The summed E-state index contributed by atoms with van der Waals surface area (Å²) in [5.74, 6) is -0.351. The van der Waals surface area contributed by atoms with Crippen LogP contribution in [0.25, 0.3) is 0 Å². The zero-order chi connectivity index (χ0) is 27.9. The van der Waals surface area contributed by atoms with E-state index >= 15 is 0 Å². The third-order valence-corrected chi connectivity index (χ3v) is 8.03. The van der Waals surface area contributed by atoms with Crippen LogP contribution in [0.1, 0.15) is 25.0 Å². The molecule has 2 amide bonds. The van der Waals surface area contributed by atoms with E-state index in [-0.39, 0.29) is 23.0 Å². The van der Waals surface area contributed by atoms with E-state index in [1.165, 1.54) is 24.1 Å². The normalized spacial score (nSPS) is 11.9. The molecular weight excluding hydrogens is 526 g/mol. The van der Waals surface area contributed by atoms with Crippen molar-refractivity contribution < 1.29 is 22.7 Å². The number of anilines is 1. The Kier molecular flexibility index (Phi) is 9.77. The molecule has 0 saturated heterocycles. The number of sulfonamides is 1. The summed E-state index contributed by atoms with van der Waals surface area (Å²) in [6.07, 6.45) is 0. The Labute approximate surface area is 229 Å². The molecule has 0 aliphatic heterocycles. The first-order valence-corrected chi connectivity index (χ1v) is 13.9. The van der Waals surface area contributed by atoms with Gasteiger partial charge in [-0.3, -0.25) is 13.9 Å². The number of aryl methyl sites for hydroxylation is 1. The minimum atomic E-state index is -4.13. The first-order valence-electron chi connectivity index (χ1n) is 12.1. The molecule has 0 aliphatic rings. The molecule has 0 fully saturated rings. The number of carbonyl (C=O) groups is 2. The standard InChI is InChI=1S/C28H32ClN3O5S/c1-5-30-28(34)21(3)31(18-22-7-6-8-23(29)17-22)27(33)19-32(24-11-13-25(37-4)14-12-24)38(35,36)26-15-9-20(2)10-16-26/h6-17,21H,5,18-19H2,1-4H3,(H,30,34)/t21-/m0/s1. The topological polar surface area (TPSA) is 96.0 Å². The maximum Gasteiger partial charge on any atom is 0.264 e. The molecule has 10 heteroatoms. The molecule has 0 heterocycles. The molecule has 0 spiro atoms. The van der Waals surface area contributed by atoms with Gasteiger partial charge in [0.05, 0.1) is 17.7 Å². The molecule has 1 N–H and O–H groups in total. The molecule has 202 valence electrons. The number of amides is 2.